The molecule has 0 saturated carbocycles. The van der Waals surface area contributed by atoms with Gasteiger partial charge in [-0.2, -0.15) is 18.2 Å². The lowest BCUT2D eigenvalue weighted by Crippen LogP contribution is -2.20. The van der Waals surface area contributed by atoms with Crippen molar-refractivity contribution < 1.29 is 22.4 Å². The van der Waals surface area contributed by atoms with Crippen LogP contribution in [0.5, 0.6) is 11.5 Å². The Balaban J connectivity index is 1.94. The van der Waals surface area contributed by atoms with E-state index < -0.39 is 12.1 Å². The monoisotopic (exact) mass is 393 g/mol. The Kier molecular flexibility index (Phi) is 5.26. The Labute approximate surface area is 158 Å². The Morgan fingerprint density at radius 3 is 2.46 bits per heavy atom. The highest BCUT2D eigenvalue weighted by molar-refractivity contribution is 5.61. The molecule has 0 radical (unpaired) electrons. The van der Waals surface area contributed by atoms with E-state index in [1.54, 1.807) is 48.9 Å². The first-order valence-electron chi connectivity index (χ1n) is 8.60. The maximum Gasteiger partial charge on any atom is 0.471 e. The molecule has 1 aromatic carbocycles. The summed E-state index contributed by atoms with van der Waals surface area (Å²) < 4.78 is 49.6. The van der Waals surface area contributed by atoms with Gasteiger partial charge in [0.1, 0.15) is 5.75 Å². The molecule has 0 aliphatic rings. The third-order valence-electron chi connectivity index (χ3n) is 4.05. The number of pyridine rings is 1. The number of aryl methyl sites for hydroxylation is 3. The van der Waals surface area contributed by atoms with Crippen LogP contribution in [0.3, 0.4) is 0 Å². The lowest BCUT2D eigenvalue weighted by molar-refractivity contribution is -0.159. The number of halogens is 3. The fourth-order valence-electron chi connectivity index (χ4n) is 2.82. The van der Waals surface area contributed by atoms with Gasteiger partial charge in [0.15, 0.2) is 5.75 Å². The number of nitrogens with zero attached hydrogens (tertiary/aromatic N) is 3. The summed E-state index contributed by atoms with van der Waals surface area (Å²) in [7, 11) is 0. The molecular formula is C19H18F3N3O3. The number of hydrogen-bond acceptors (Lipinski definition) is 5. The topological polar surface area (TPSA) is 70.2 Å². The van der Waals surface area contributed by atoms with E-state index in [2.05, 4.69) is 14.7 Å². The zero-order valence-corrected chi connectivity index (χ0v) is 15.5. The highest BCUT2D eigenvalue weighted by Gasteiger charge is 2.38. The van der Waals surface area contributed by atoms with Gasteiger partial charge in [0.2, 0.25) is 5.82 Å². The van der Waals surface area contributed by atoms with Crippen LogP contribution in [0, 0.1) is 13.8 Å². The lowest BCUT2D eigenvalue weighted by atomic mass is 10.1. The summed E-state index contributed by atoms with van der Waals surface area (Å²) in [5.74, 6) is -0.947. The normalized spacial score (nSPS) is 11.6. The SMILES string of the molecule is CCCn1cccc(Oc2c(C)cc(-c3noc(C(F)(F)F)n3)cc2C)c1=O. The van der Waals surface area contributed by atoms with Gasteiger partial charge < -0.3 is 13.8 Å². The number of aromatic nitrogens is 3. The van der Waals surface area contributed by atoms with Crippen LogP contribution in [-0.4, -0.2) is 14.7 Å². The molecule has 28 heavy (non-hydrogen) atoms. The maximum absolute atomic E-state index is 12.7. The molecule has 2 heterocycles. The van der Waals surface area contributed by atoms with Crippen molar-refractivity contribution in [1.82, 2.24) is 14.7 Å². The first kappa shape index (κ1) is 19.7. The summed E-state index contributed by atoms with van der Waals surface area (Å²) in [5.41, 5.74) is 1.36. The van der Waals surface area contributed by atoms with Crippen LogP contribution in [0.25, 0.3) is 11.4 Å². The van der Waals surface area contributed by atoms with Crippen molar-refractivity contribution in [2.24, 2.45) is 0 Å². The fourth-order valence-corrected chi connectivity index (χ4v) is 2.82. The van der Waals surface area contributed by atoms with Crippen molar-refractivity contribution in [1.29, 1.82) is 0 Å². The van der Waals surface area contributed by atoms with E-state index in [0.29, 0.717) is 29.0 Å². The van der Waals surface area contributed by atoms with E-state index in [9.17, 15) is 18.0 Å². The maximum atomic E-state index is 12.7. The quantitative estimate of drug-likeness (QED) is 0.626. The van der Waals surface area contributed by atoms with Gasteiger partial charge in [-0.25, -0.2) is 0 Å². The van der Waals surface area contributed by atoms with Gasteiger partial charge in [0, 0.05) is 18.3 Å². The fraction of sp³-hybridized carbons (Fsp3) is 0.316. The minimum Gasteiger partial charge on any atom is -0.451 e. The molecule has 9 heteroatoms. The van der Waals surface area contributed by atoms with Crippen LogP contribution in [0.15, 0.2) is 39.8 Å². The van der Waals surface area contributed by atoms with Crippen molar-refractivity contribution in [2.75, 3.05) is 0 Å². The predicted molar refractivity (Wildman–Crippen MR) is 95.3 cm³/mol. The van der Waals surface area contributed by atoms with Crippen LogP contribution < -0.4 is 10.3 Å². The molecule has 0 amide bonds. The van der Waals surface area contributed by atoms with Gasteiger partial charge in [-0.1, -0.05) is 12.1 Å². The second kappa shape index (κ2) is 7.49. The van der Waals surface area contributed by atoms with E-state index in [0.717, 1.165) is 6.42 Å². The molecule has 0 unspecified atom stereocenters. The Bertz CT molecular complexity index is 1030. The molecule has 148 valence electrons. The molecule has 0 aliphatic carbocycles. The second-order valence-electron chi connectivity index (χ2n) is 6.33. The Morgan fingerprint density at radius 1 is 1.21 bits per heavy atom. The summed E-state index contributed by atoms with van der Waals surface area (Å²) in [5, 5.41) is 3.39. The highest BCUT2D eigenvalue weighted by atomic mass is 19.4. The predicted octanol–water partition coefficient (Wildman–Crippen LogP) is 4.74. The molecule has 0 aliphatic heterocycles. The molecule has 6 nitrogen and oxygen atoms in total. The minimum absolute atomic E-state index is 0.171. The van der Waals surface area contributed by atoms with Gasteiger partial charge in [-0.15, -0.1) is 0 Å². The van der Waals surface area contributed by atoms with Crippen LogP contribution in [0.4, 0.5) is 13.2 Å². The first-order chi connectivity index (χ1) is 13.2. The van der Waals surface area contributed by atoms with Crippen LogP contribution in [0.2, 0.25) is 0 Å². The molecule has 0 atom stereocenters. The lowest BCUT2D eigenvalue weighted by Gasteiger charge is -2.13. The number of ether oxygens (including phenoxy) is 1. The third-order valence-corrected chi connectivity index (χ3v) is 4.05. The number of rotatable bonds is 5. The smallest absolute Gasteiger partial charge is 0.451 e. The Morgan fingerprint density at radius 2 is 1.89 bits per heavy atom. The molecule has 0 fully saturated rings. The van der Waals surface area contributed by atoms with Crippen molar-refractivity contribution >= 4 is 0 Å². The van der Waals surface area contributed by atoms with E-state index in [1.807, 2.05) is 6.92 Å². The number of alkyl halides is 3. The van der Waals surface area contributed by atoms with E-state index >= 15 is 0 Å². The highest BCUT2D eigenvalue weighted by Crippen LogP contribution is 2.33. The van der Waals surface area contributed by atoms with Crippen molar-refractivity contribution in [3.05, 3.63) is 57.8 Å². The molecule has 0 bridgehead atoms. The second-order valence-corrected chi connectivity index (χ2v) is 6.33. The summed E-state index contributed by atoms with van der Waals surface area (Å²) >= 11 is 0. The molecule has 3 rings (SSSR count). The molecule has 0 spiro atoms. The van der Waals surface area contributed by atoms with E-state index in [4.69, 9.17) is 4.74 Å². The van der Waals surface area contributed by atoms with Crippen LogP contribution in [-0.2, 0) is 12.7 Å². The van der Waals surface area contributed by atoms with Gasteiger partial charge in [-0.05, 0) is 55.7 Å². The molecule has 2 aromatic heterocycles. The minimum atomic E-state index is -4.70. The standard InChI is InChI=1S/C19H18F3N3O3/c1-4-7-25-8-5-6-14(17(25)26)27-15-11(2)9-13(10-12(15)3)16-23-18(28-24-16)19(20,21)22/h5-6,8-10H,4,7H2,1-3H3. The largest absolute Gasteiger partial charge is 0.471 e. The van der Waals surface area contributed by atoms with Gasteiger partial charge in [-0.3, -0.25) is 4.79 Å². The summed E-state index contributed by atoms with van der Waals surface area (Å²) in [6.45, 7) is 6.00. The third kappa shape index (κ3) is 3.92. The summed E-state index contributed by atoms with van der Waals surface area (Å²) in [4.78, 5) is 15.9. The van der Waals surface area contributed by atoms with E-state index in [1.165, 1.54) is 0 Å². The van der Waals surface area contributed by atoms with Gasteiger partial charge in [0.25, 0.3) is 5.56 Å². The molecule has 3 aromatic rings. The Hall–Kier alpha value is -3.10. The van der Waals surface area contributed by atoms with Gasteiger partial charge in [0.05, 0.1) is 0 Å². The number of benzene rings is 1. The number of hydrogen-bond donors (Lipinski definition) is 0. The first-order valence-corrected chi connectivity index (χ1v) is 8.60. The average molecular weight is 393 g/mol. The summed E-state index contributed by atoms with van der Waals surface area (Å²) in [6, 6.07) is 6.47. The van der Waals surface area contributed by atoms with Gasteiger partial charge >= 0.3 is 12.1 Å². The average Bonchev–Trinajstić information content (AvgIpc) is 3.11. The van der Waals surface area contributed by atoms with E-state index in [-0.39, 0.29) is 17.1 Å². The molecule has 0 saturated heterocycles. The van der Waals surface area contributed by atoms with Crippen molar-refractivity contribution in [2.45, 2.75) is 39.9 Å². The zero-order chi connectivity index (χ0) is 20.5. The van der Waals surface area contributed by atoms with Crippen LogP contribution >= 0.6 is 0 Å². The molecule has 0 N–H and O–H groups in total. The van der Waals surface area contributed by atoms with Crippen molar-refractivity contribution in [3.63, 3.8) is 0 Å². The zero-order valence-electron chi connectivity index (χ0n) is 15.5. The molecular weight excluding hydrogens is 375 g/mol. The van der Waals surface area contributed by atoms with Crippen LogP contribution in [0.1, 0.15) is 30.4 Å². The van der Waals surface area contributed by atoms with Crippen molar-refractivity contribution in [3.8, 4) is 22.9 Å². The summed E-state index contributed by atoms with van der Waals surface area (Å²) in [6.07, 6.45) is -2.21.